The van der Waals surface area contributed by atoms with E-state index in [4.69, 9.17) is 23.7 Å². The molecule has 18 heteroatoms. The molecule has 0 bridgehead atoms. The first kappa shape index (κ1) is 58.7. The van der Waals surface area contributed by atoms with Crippen molar-refractivity contribution in [2.75, 3.05) is 74.0 Å². The van der Waals surface area contributed by atoms with E-state index < -0.39 is 53.6 Å². The van der Waals surface area contributed by atoms with Crippen LogP contribution in [0.15, 0.2) is 42.5 Å². The number of likely N-dealkylation sites (N-methyl/N-ethyl adjacent to an activating group) is 1. The van der Waals surface area contributed by atoms with Crippen molar-refractivity contribution >= 4 is 47.1 Å². The Balaban J connectivity index is 1.30. The van der Waals surface area contributed by atoms with Crippen LogP contribution in [0.4, 0.5) is 0 Å². The van der Waals surface area contributed by atoms with Crippen molar-refractivity contribution in [2.45, 2.75) is 135 Å². The van der Waals surface area contributed by atoms with Gasteiger partial charge in [0.2, 0.25) is 17.7 Å². The monoisotopic (exact) mass is 997 g/mol. The van der Waals surface area contributed by atoms with Crippen LogP contribution in [0.5, 0.6) is 0 Å². The highest BCUT2D eigenvalue weighted by molar-refractivity contribution is 6.12. The maximum absolute atomic E-state index is 14.6. The first-order chi connectivity index (χ1) is 33.8. The number of rotatable bonds is 33. The molecule has 7 atom stereocenters. The van der Waals surface area contributed by atoms with Crippen LogP contribution in [-0.2, 0) is 68.5 Å². The molecule has 1 saturated heterocycles. The summed E-state index contributed by atoms with van der Waals surface area (Å²) in [7, 11) is 4.79. The second-order valence-electron chi connectivity index (χ2n) is 20.0. The number of benzene rings is 1. The van der Waals surface area contributed by atoms with E-state index in [1.807, 2.05) is 44.2 Å². The number of carbonyl (C=O) groups is 8. The number of hydrogen-bond acceptors (Lipinski definition) is 13. The fourth-order valence-electron chi connectivity index (χ4n) is 10.2. The van der Waals surface area contributed by atoms with Gasteiger partial charge in [0.25, 0.3) is 11.8 Å². The molecule has 396 valence electrons. The molecule has 2 aliphatic heterocycles. The van der Waals surface area contributed by atoms with Gasteiger partial charge in [0.05, 0.1) is 88.4 Å². The first-order valence-corrected chi connectivity index (χ1v) is 25.3. The molecular weight excluding hydrogens is 917 g/mol. The number of carbonyl (C=O) groups excluding carboxylic acids is 7. The van der Waals surface area contributed by atoms with E-state index in [0.717, 1.165) is 36.1 Å². The van der Waals surface area contributed by atoms with Crippen LogP contribution in [0, 0.1) is 29.6 Å². The number of imide groups is 1. The fraction of sp³-hybridized carbons (Fsp3) is 0.698. The summed E-state index contributed by atoms with van der Waals surface area (Å²) in [5.41, 5.74) is -0.450. The van der Waals surface area contributed by atoms with Gasteiger partial charge in [0.15, 0.2) is 5.78 Å². The molecule has 2 heterocycles. The lowest BCUT2D eigenvalue weighted by Crippen LogP contribution is -2.55. The van der Waals surface area contributed by atoms with Gasteiger partial charge >= 0.3 is 5.97 Å². The van der Waals surface area contributed by atoms with Crippen LogP contribution in [0.2, 0.25) is 0 Å². The summed E-state index contributed by atoms with van der Waals surface area (Å²) in [6, 6.07) is 8.32. The number of Topliss-reactive ketones (excluding diaryl/α,β-unsaturated/α-hetero) is 2. The lowest BCUT2D eigenvalue weighted by Gasteiger charge is -2.41. The second-order valence-corrected chi connectivity index (χ2v) is 20.0. The molecule has 4 rings (SSSR count). The van der Waals surface area contributed by atoms with Gasteiger partial charge in [-0.15, -0.1) is 0 Å². The molecule has 71 heavy (non-hydrogen) atoms. The van der Waals surface area contributed by atoms with E-state index in [1.165, 1.54) is 19.3 Å². The topological polar surface area (TPSA) is 225 Å². The molecule has 0 unspecified atom stereocenters. The Morgan fingerprint density at radius 3 is 1.99 bits per heavy atom. The Bertz CT molecular complexity index is 1950. The van der Waals surface area contributed by atoms with E-state index in [1.54, 1.807) is 44.7 Å². The van der Waals surface area contributed by atoms with Crippen molar-refractivity contribution in [1.29, 1.82) is 0 Å². The minimum absolute atomic E-state index is 0.00193. The third kappa shape index (κ3) is 17.4. The van der Waals surface area contributed by atoms with Gasteiger partial charge < -0.3 is 43.9 Å². The van der Waals surface area contributed by atoms with Crippen LogP contribution >= 0.6 is 0 Å². The largest absolute Gasteiger partial charge is 0.481 e. The summed E-state index contributed by atoms with van der Waals surface area (Å²) >= 11 is 0. The molecule has 2 N–H and O–H groups in total. The number of aliphatic carboxylic acids is 1. The lowest BCUT2D eigenvalue weighted by atomic mass is 9.82. The van der Waals surface area contributed by atoms with Gasteiger partial charge in [-0.2, -0.15) is 0 Å². The summed E-state index contributed by atoms with van der Waals surface area (Å²) in [4.78, 5) is 110. The third-order valence-electron chi connectivity index (χ3n) is 14.4. The number of ether oxygens (including phenoxy) is 5. The van der Waals surface area contributed by atoms with Gasteiger partial charge in [-0.25, -0.2) is 0 Å². The number of ketones is 2. The zero-order chi connectivity index (χ0) is 52.3. The molecule has 0 radical (unpaired) electrons. The molecule has 0 aromatic heterocycles. The molecule has 1 aliphatic carbocycles. The Morgan fingerprint density at radius 2 is 1.41 bits per heavy atom. The zero-order valence-corrected chi connectivity index (χ0v) is 43.3. The highest BCUT2D eigenvalue weighted by Gasteiger charge is 2.45. The smallest absolute Gasteiger partial charge is 0.307 e. The molecule has 1 aromatic carbocycles. The molecule has 2 fully saturated rings. The lowest BCUT2D eigenvalue weighted by molar-refractivity contribution is -0.149. The summed E-state index contributed by atoms with van der Waals surface area (Å²) in [5.74, 6) is -5.60. The summed E-state index contributed by atoms with van der Waals surface area (Å²) in [5, 5.41) is 12.8. The highest BCUT2D eigenvalue weighted by Crippen LogP contribution is 2.36. The SMILES string of the molecule is CO[C@H]([C@@H](C)C(=O)C[C@@H](Cc1ccccc1)C(=O)O)[C@@H]1CCCN1C(=O)C[C@@H](OC)[C@H](C1CCCC1)N(C)C(=O)[C@@H](CC(=O)C(C)(C)NC(=O)CCOCCOCCOCCN1C(=O)C=CC1=O)C(C)C. The van der Waals surface area contributed by atoms with Crippen LogP contribution in [-0.4, -0.2) is 171 Å². The Labute approximate surface area is 419 Å². The van der Waals surface area contributed by atoms with E-state index in [0.29, 0.717) is 19.4 Å². The van der Waals surface area contributed by atoms with Crippen LogP contribution in [0.1, 0.15) is 104 Å². The van der Waals surface area contributed by atoms with Crippen LogP contribution < -0.4 is 5.32 Å². The van der Waals surface area contributed by atoms with Crippen molar-refractivity contribution < 1.29 is 67.1 Å². The normalized spacial score (nSPS) is 18.9. The second kappa shape index (κ2) is 29.0. The molecule has 1 aromatic rings. The predicted octanol–water partition coefficient (Wildman–Crippen LogP) is 4.44. The highest BCUT2D eigenvalue weighted by atomic mass is 16.5. The van der Waals surface area contributed by atoms with E-state index in [-0.39, 0.29) is 131 Å². The van der Waals surface area contributed by atoms with Gasteiger partial charge in [0, 0.05) is 71.1 Å². The number of carboxylic acid groups (broad SMARTS) is 1. The maximum Gasteiger partial charge on any atom is 0.307 e. The first-order valence-electron chi connectivity index (χ1n) is 25.3. The van der Waals surface area contributed by atoms with Crippen molar-refractivity contribution in [3.8, 4) is 0 Å². The molecule has 18 nitrogen and oxygen atoms in total. The predicted molar refractivity (Wildman–Crippen MR) is 263 cm³/mol. The van der Waals surface area contributed by atoms with Crippen molar-refractivity contribution in [3.63, 3.8) is 0 Å². The average molecular weight is 997 g/mol. The number of likely N-dealkylation sites (tertiary alicyclic amines) is 1. The standard InChI is InChI=1S/C53H80N4O14/c1-35(2)40(33-44(59)53(4,5)54-45(60)22-25-69-27-29-71-30-28-70-26-24-57-46(61)20-21-47(57)62)51(64)55(6)49(38-17-12-13-18-38)43(67-7)34-48(63)56-23-14-19-41(56)50(68-8)36(3)42(58)32-39(52(65)66)31-37-15-10-9-11-16-37/h9-11,15-16,20-21,35-36,38-41,43,49-50H,12-14,17-19,22-34H2,1-8H3,(H,54,60)(H,65,66)/t36-,39+,40-,41-,43+,49-,50+/m0/s1. The molecule has 1 saturated carbocycles. The van der Waals surface area contributed by atoms with Gasteiger partial charge in [-0.3, -0.25) is 43.3 Å². The van der Waals surface area contributed by atoms with E-state index in [9.17, 15) is 43.5 Å². The minimum Gasteiger partial charge on any atom is -0.481 e. The van der Waals surface area contributed by atoms with E-state index in [2.05, 4.69) is 5.32 Å². The van der Waals surface area contributed by atoms with Crippen molar-refractivity contribution in [3.05, 3.63) is 48.0 Å². The Morgan fingerprint density at radius 1 is 0.803 bits per heavy atom. The number of amides is 5. The number of carboxylic acids is 1. The summed E-state index contributed by atoms with van der Waals surface area (Å²) < 4.78 is 28.5. The van der Waals surface area contributed by atoms with Crippen molar-refractivity contribution in [2.24, 2.45) is 29.6 Å². The van der Waals surface area contributed by atoms with Crippen LogP contribution in [0.3, 0.4) is 0 Å². The number of nitrogens with one attached hydrogen (secondary N) is 1. The Hall–Kier alpha value is -4.88. The third-order valence-corrected chi connectivity index (χ3v) is 14.4. The number of hydrogen-bond donors (Lipinski definition) is 2. The molecule has 3 aliphatic rings. The number of nitrogens with zero attached hydrogens (tertiary/aromatic N) is 3. The number of methoxy groups -OCH3 is 2. The zero-order valence-electron chi connectivity index (χ0n) is 43.3. The van der Waals surface area contributed by atoms with Gasteiger partial charge in [-0.05, 0) is 63.4 Å². The van der Waals surface area contributed by atoms with Gasteiger partial charge in [0.1, 0.15) is 5.78 Å². The molecular formula is C53H80N4O14. The maximum atomic E-state index is 14.6. The average Bonchev–Trinajstić information content (AvgIpc) is 4.12. The minimum atomic E-state index is -1.28. The molecule has 5 amide bonds. The fourth-order valence-corrected chi connectivity index (χ4v) is 10.2. The molecule has 0 spiro atoms. The van der Waals surface area contributed by atoms with Gasteiger partial charge in [-0.1, -0.05) is 63.9 Å². The van der Waals surface area contributed by atoms with Crippen molar-refractivity contribution in [1.82, 2.24) is 20.0 Å². The Kier molecular flexibility index (Phi) is 24.0. The summed E-state index contributed by atoms with van der Waals surface area (Å²) in [6.45, 7) is 10.7. The van der Waals surface area contributed by atoms with E-state index >= 15 is 0 Å². The summed E-state index contributed by atoms with van der Waals surface area (Å²) in [6.07, 6.45) is 5.97. The van der Waals surface area contributed by atoms with Crippen LogP contribution in [0.25, 0.3) is 0 Å². The quantitative estimate of drug-likeness (QED) is 0.0734.